The lowest BCUT2D eigenvalue weighted by molar-refractivity contribution is -0.00000830. The summed E-state index contributed by atoms with van der Waals surface area (Å²) in [4.78, 5) is 4.73. The number of hydrogen-bond acceptors (Lipinski definition) is 5. The van der Waals surface area contributed by atoms with Crippen molar-refractivity contribution in [3.63, 3.8) is 0 Å². The Kier molecular flexibility index (Phi) is 5.81. The van der Waals surface area contributed by atoms with Crippen molar-refractivity contribution in [2.45, 2.75) is 0 Å². The largest absolute Gasteiger partial charge is 1.00 e. The van der Waals surface area contributed by atoms with Gasteiger partial charge in [-0.1, -0.05) is 36.4 Å². The highest BCUT2D eigenvalue weighted by Crippen LogP contribution is 2.37. The maximum absolute atomic E-state index is 11.5. The van der Waals surface area contributed by atoms with E-state index in [1.807, 2.05) is 48.5 Å². The van der Waals surface area contributed by atoms with Gasteiger partial charge in [0.2, 0.25) is 10.0 Å². The number of nitrogens with one attached hydrogen (secondary N) is 2. The molecule has 1 aromatic heterocycles. The van der Waals surface area contributed by atoms with E-state index in [0.29, 0.717) is 11.4 Å². The maximum atomic E-state index is 11.5. The van der Waals surface area contributed by atoms with Gasteiger partial charge in [0, 0.05) is 16.8 Å². The zero-order valence-electron chi connectivity index (χ0n) is 16.8. The van der Waals surface area contributed by atoms with Gasteiger partial charge in [-0.25, -0.2) is 13.4 Å². The van der Waals surface area contributed by atoms with E-state index in [-0.39, 0.29) is 13.8 Å². The van der Waals surface area contributed by atoms with E-state index in [1.54, 1.807) is 25.3 Å². The second-order valence-corrected chi connectivity index (χ2v) is 8.18. The molecule has 4 rings (SSSR count). The summed E-state index contributed by atoms with van der Waals surface area (Å²) in [5, 5.41) is 5.43. The first kappa shape index (κ1) is 20.7. The fraction of sp³-hybridized carbons (Fsp3) is 0.0952. The summed E-state index contributed by atoms with van der Waals surface area (Å²) in [7, 11) is -1.82. The summed E-state index contributed by atoms with van der Waals surface area (Å²) < 4.78 is 30.9. The Morgan fingerprint density at radius 1 is 0.931 bits per heavy atom. The topological polar surface area (TPSA) is 80.3 Å². The van der Waals surface area contributed by atoms with Gasteiger partial charge < -0.3 is 22.5 Å². The number of pyridine rings is 1. The Balaban J connectivity index is 0.00000160. The quantitative estimate of drug-likeness (QED) is 0.471. The predicted octanol–water partition coefficient (Wildman–Crippen LogP) is 1.63. The number of ether oxygens (including phenoxy) is 1. The van der Waals surface area contributed by atoms with Crippen molar-refractivity contribution >= 4 is 48.9 Å². The van der Waals surface area contributed by atoms with Crippen LogP contribution in [0.15, 0.2) is 66.7 Å². The Hall–Kier alpha value is -3.03. The first-order valence-electron chi connectivity index (χ1n) is 8.65. The molecular formula is C21H20ClN3O3S. The van der Waals surface area contributed by atoms with Crippen LogP contribution in [0.1, 0.15) is 1.43 Å². The third-order valence-electron chi connectivity index (χ3n) is 4.35. The highest BCUT2D eigenvalue weighted by atomic mass is 35.5. The van der Waals surface area contributed by atoms with Crippen LogP contribution in [-0.2, 0) is 10.0 Å². The minimum absolute atomic E-state index is 0. The number of benzene rings is 3. The van der Waals surface area contributed by atoms with Crippen LogP contribution in [0.4, 0.5) is 17.1 Å². The summed E-state index contributed by atoms with van der Waals surface area (Å²) in [6, 6.07) is 21.0. The molecule has 0 amide bonds. The number of anilines is 3. The van der Waals surface area contributed by atoms with Crippen molar-refractivity contribution in [3.8, 4) is 5.75 Å². The zero-order valence-corrected chi connectivity index (χ0v) is 17.4. The second kappa shape index (κ2) is 8.14. The fourth-order valence-corrected chi connectivity index (χ4v) is 3.74. The van der Waals surface area contributed by atoms with Gasteiger partial charge in [-0.15, -0.1) is 0 Å². The molecule has 0 atom stereocenters. The predicted molar refractivity (Wildman–Crippen MR) is 115 cm³/mol. The van der Waals surface area contributed by atoms with Crippen LogP contribution in [0.5, 0.6) is 5.75 Å². The van der Waals surface area contributed by atoms with Crippen molar-refractivity contribution in [2.75, 3.05) is 23.4 Å². The van der Waals surface area contributed by atoms with Crippen LogP contribution < -0.4 is 27.2 Å². The smallest absolute Gasteiger partial charge is 1.00 e. The van der Waals surface area contributed by atoms with Gasteiger partial charge in [0.1, 0.15) is 5.75 Å². The number of nitrogens with zero attached hydrogens (tertiary/aromatic N) is 1. The van der Waals surface area contributed by atoms with Crippen LogP contribution in [0, 0.1) is 0 Å². The summed E-state index contributed by atoms with van der Waals surface area (Å²) >= 11 is 0. The third kappa shape index (κ3) is 4.36. The molecule has 29 heavy (non-hydrogen) atoms. The molecule has 1 heterocycles. The van der Waals surface area contributed by atoms with Gasteiger partial charge in [0.05, 0.1) is 41.5 Å². The molecule has 2 N–H and O–H groups in total. The van der Waals surface area contributed by atoms with E-state index in [9.17, 15) is 8.42 Å². The molecule has 0 aliphatic rings. The van der Waals surface area contributed by atoms with E-state index in [0.717, 1.165) is 39.4 Å². The lowest BCUT2D eigenvalue weighted by Crippen LogP contribution is -3.00. The molecule has 0 aliphatic heterocycles. The number of fused-ring (bicyclic) bond motifs is 2. The van der Waals surface area contributed by atoms with E-state index < -0.39 is 10.0 Å². The van der Waals surface area contributed by atoms with Gasteiger partial charge in [-0.2, -0.15) is 0 Å². The number of hydrogen-bond donors (Lipinski definition) is 2. The Morgan fingerprint density at radius 2 is 1.52 bits per heavy atom. The standard InChI is InChI=1S/C21H19N3O3S.ClH/c1-27-20-13-14(24-28(2,25)26)11-12-19(20)23-21-15-7-3-5-9-17(15)22-18-10-6-4-8-16(18)21;/h3-13,24H,1-2H3,(H,22,23);1H. The average Bonchev–Trinajstić information content (AvgIpc) is 2.67. The first-order valence-corrected chi connectivity index (χ1v) is 10.5. The highest BCUT2D eigenvalue weighted by molar-refractivity contribution is 7.92. The van der Waals surface area contributed by atoms with E-state index in [1.165, 1.54) is 0 Å². The Bertz CT molecular complexity index is 1250. The van der Waals surface area contributed by atoms with Crippen LogP contribution in [-0.4, -0.2) is 26.8 Å². The molecule has 0 radical (unpaired) electrons. The third-order valence-corrected chi connectivity index (χ3v) is 4.96. The van der Waals surface area contributed by atoms with Gasteiger partial charge >= 0.3 is 1.43 Å². The van der Waals surface area contributed by atoms with E-state index >= 15 is 0 Å². The zero-order chi connectivity index (χ0) is 19.7. The van der Waals surface area contributed by atoms with Gasteiger partial charge in [-0.3, -0.25) is 4.72 Å². The van der Waals surface area contributed by atoms with Gasteiger partial charge in [0.25, 0.3) is 0 Å². The van der Waals surface area contributed by atoms with Crippen molar-refractivity contribution in [1.29, 1.82) is 0 Å². The number of halogens is 1. The summed E-state index contributed by atoms with van der Waals surface area (Å²) in [5.74, 6) is 0.527. The second-order valence-electron chi connectivity index (χ2n) is 6.44. The molecule has 0 fully saturated rings. The monoisotopic (exact) mass is 429 g/mol. The maximum Gasteiger partial charge on any atom is 1.00 e. The summed E-state index contributed by atoms with van der Waals surface area (Å²) in [6.07, 6.45) is 1.11. The Labute approximate surface area is 176 Å². The number of aromatic nitrogens is 1. The number of methoxy groups -OCH3 is 1. The molecule has 0 aliphatic carbocycles. The number of para-hydroxylation sites is 2. The fourth-order valence-electron chi connectivity index (χ4n) is 3.18. The summed E-state index contributed by atoms with van der Waals surface area (Å²) in [6.45, 7) is 0. The lowest BCUT2D eigenvalue weighted by atomic mass is 10.1. The molecule has 0 unspecified atom stereocenters. The molecule has 150 valence electrons. The lowest BCUT2D eigenvalue weighted by Gasteiger charge is -2.16. The van der Waals surface area contributed by atoms with Crippen LogP contribution >= 0.6 is 0 Å². The van der Waals surface area contributed by atoms with E-state index in [4.69, 9.17) is 9.72 Å². The van der Waals surface area contributed by atoms with Gasteiger partial charge in [-0.05, 0) is 24.3 Å². The molecule has 0 spiro atoms. The number of sulfonamides is 1. The van der Waals surface area contributed by atoms with Crippen molar-refractivity contribution in [3.05, 3.63) is 66.7 Å². The average molecular weight is 430 g/mol. The molecule has 0 saturated carbocycles. The van der Waals surface area contributed by atoms with Crippen LogP contribution in [0.3, 0.4) is 0 Å². The molecule has 8 heteroatoms. The van der Waals surface area contributed by atoms with E-state index in [2.05, 4.69) is 10.0 Å². The minimum atomic E-state index is -3.37. The first-order chi connectivity index (χ1) is 13.4. The van der Waals surface area contributed by atoms with Crippen molar-refractivity contribution < 1.29 is 27.0 Å². The molecule has 6 nitrogen and oxygen atoms in total. The molecule has 0 saturated heterocycles. The SMILES string of the molecule is COc1cc(NS(C)(=O)=O)ccc1Nc1c2ccccc2nc2ccccc12.[Cl-].[H+]. The van der Waals surface area contributed by atoms with Gasteiger partial charge in [0.15, 0.2) is 0 Å². The highest BCUT2D eigenvalue weighted by Gasteiger charge is 2.12. The molecule has 0 bridgehead atoms. The minimum Gasteiger partial charge on any atom is -1.00 e. The molecule has 3 aromatic carbocycles. The van der Waals surface area contributed by atoms with Crippen LogP contribution in [0.25, 0.3) is 21.8 Å². The van der Waals surface area contributed by atoms with Crippen molar-refractivity contribution in [2.24, 2.45) is 0 Å². The molecular weight excluding hydrogens is 410 g/mol. The number of rotatable bonds is 5. The van der Waals surface area contributed by atoms with Crippen molar-refractivity contribution in [1.82, 2.24) is 4.98 Å². The normalized spacial score (nSPS) is 11.1. The Morgan fingerprint density at radius 3 is 2.07 bits per heavy atom. The summed E-state index contributed by atoms with van der Waals surface area (Å²) in [5.41, 5.74) is 3.86. The van der Waals surface area contributed by atoms with Crippen LogP contribution in [0.2, 0.25) is 0 Å². The molecule has 4 aromatic rings.